The standard InChI is InChI=1S/C18H19N3OS/c1-13(2)15-3-5-16(6-4-15)21-10-9-20-18(21)23-12-14-7-8-19-17(22)11-14/h3-11,13H,12H2,1-2H3,(H,19,22). The summed E-state index contributed by atoms with van der Waals surface area (Å²) in [5, 5.41) is 0.919. The van der Waals surface area contributed by atoms with Crippen molar-refractivity contribution in [3.8, 4) is 5.69 Å². The molecule has 0 aliphatic carbocycles. The summed E-state index contributed by atoms with van der Waals surface area (Å²) in [5.74, 6) is 1.24. The van der Waals surface area contributed by atoms with Gasteiger partial charge in [-0.25, -0.2) is 4.98 Å². The lowest BCUT2D eigenvalue weighted by molar-refractivity contribution is 0.858. The van der Waals surface area contributed by atoms with Crippen molar-refractivity contribution in [2.75, 3.05) is 0 Å². The second-order valence-electron chi connectivity index (χ2n) is 5.68. The normalized spacial score (nSPS) is 11.1. The van der Waals surface area contributed by atoms with Gasteiger partial charge in [-0.2, -0.15) is 0 Å². The fourth-order valence-electron chi connectivity index (χ4n) is 2.34. The van der Waals surface area contributed by atoms with E-state index in [-0.39, 0.29) is 5.56 Å². The van der Waals surface area contributed by atoms with Crippen molar-refractivity contribution in [2.24, 2.45) is 0 Å². The Hall–Kier alpha value is -2.27. The molecule has 0 unspecified atom stereocenters. The number of aromatic nitrogens is 3. The van der Waals surface area contributed by atoms with Crippen LogP contribution in [0.2, 0.25) is 0 Å². The molecule has 0 saturated heterocycles. The van der Waals surface area contributed by atoms with E-state index in [0.29, 0.717) is 11.7 Å². The van der Waals surface area contributed by atoms with Gasteiger partial charge in [-0.3, -0.25) is 9.36 Å². The van der Waals surface area contributed by atoms with E-state index in [0.717, 1.165) is 16.4 Å². The zero-order valence-electron chi connectivity index (χ0n) is 13.2. The number of benzene rings is 1. The van der Waals surface area contributed by atoms with Crippen LogP contribution < -0.4 is 5.56 Å². The molecule has 3 aromatic rings. The van der Waals surface area contributed by atoms with E-state index in [9.17, 15) is 4.79 Å². The zero-order valence-corrected chi connectivity index (χ0v) is 14.0. The van der Waals surface area contributed by atoms with Crippen molar-refractivity contribution in [3.63, 3.8) is 0 Å². The second-order valence-corrected chi connectivity index (χ2v) is 6.62. The molecule has 0 spiro atoms. The SMILES string of the molecule is CC(C)c1ccc(-n2ccnc2SCc2cc[nH]c(=O)c2)cc1. The van der Waals surface area contributed by atoms with E-state index in [1.165, 1.54) is 5.56 Å². The van der Waals surface area contributed by atoms with E-state index >= 15 is 0 Å². The first-order chi connectivity index (χ1) is 11.1. The molecule has 0 bridgehead atoms. The lowest BCUT2D eigenvalue weighted by atomic mass is 10.0. The molecule has 23 heavy (non-hydrogen) atoms. The monoisotopic (exact) mass is 325 g/mol. The van der Waals surface area contributed by atoms with Crippen molar-refractivity contribution in [2.45, 2.75) is 30.7 Å². The van der Waals surface area contributed by atoms with Gasteiger partial charge in [0.15, 0.2) is 5.16 Å². The molecule has 1 N–H and O–H groups in total. The van der Waals surface area contributed by atoms with E-state index in [4.69, 9.17) is 0 Å². The minimum Gasteiger partial charge on any atom is -0.329 e. The van der Waals surface area contributed by atoms with Crippen LogP contribution in [0.15, 0.2) is 64.9 Å². The van der Waals surface area contributed by atoms with Crippen LogP contribution in [0.5, 0.6) is 0 Å². The Labute approximate surface area is 139 Å². The summed E-state index contributed by atoms with van der Waals surface area (Å²) >= 11 is 1.62. The summed E-state index contributed by atoms with van der Waals surface area (Å²) in [6, 6.07) is 12.1. The number of hydrogen-bond donors (Lipinski definition) is 1. The zero-order chi connectivity index (χ0) is 16.2. The highest BCUT2D eigenvalue weighted by molar-refractivity contribution is 7.98. The van der Waals surface area contributed by atoms with Crippen molar-refractivity contribution >= 4 is 11.8 Å². The van der Waals surface area contributed by atoms with E-state index in [2.05, 4.69) is 52.6 Å². The van der Waals surface area contributed by atoms with E-state index in [1.54, 1.807) is 30.2 Å². The Morgan fingerprint density at radius 3 is 2.70 bits per heavy atom. The largest absolute Gasteiger partial charge is 0.329 e. The van der Waals surface area contributed by atoms with E-state index < -0.39 is 0 Å². The first-order valence-electron chi connectivity index (χ1n) is 7.57. The number of pyridine rings is 1. The van der Waals surface area contributed by atoms with Gasteiger partial charge in [0.2, 0.25) is 5.56 Å². The number of nitrogens with zero attached hydrogens (tertiary/aromatic N) is 2. The Morgan fingerprint density at radius 2 is 2.00 bits per heavy atom. The Kier molecular flexibility index (Phi) is 4.67. The molecule has 0 aliphatic rings. The van der Waals surface area contributed by atoms with Crippen LogP contribution in [0.25, 0.3) is 5.69 Å². The molecule has 0 saturated carbocycles. The van der Waals surface area contributed by atoms with Gasteiger partial charge in [0, 0.05) is 36.1 Å². The number of hydrogen-bond acceptors (Lipinski definition) is 3. The molecule has 1 aromatic carbocycles. The summed E-state index contributed by atoms with van der Waals surface area (Å²) in [6.07, 6.45) is 5.44. The molecule has 3 rings (SSSR count). The minimum absolute atomic E-state index is 0.0734. The van der Waals surface area contributed by atoms with Gasteiger partial charge in [-0.05, 0) is 35.2 Å². The lowest BCUT2D eigenvalue weighted by Crippen LogP contribution is -2.03. The number of thioether (sulfide) groups is 1. The molecule has 0 aliphatic heterocycles. The topological polar surface area (TPSA) is 50.7 Å². The maximum atomic E-state index is 11.3. The van der Waals surface area contributed by atoms with Gasteiger partial charge in [0.1, 0.15) is 0 Å². The molecule has 0 amide bonds. The number of aromatic amines is 1. The van der Waals surface area contributed by atoms with Gasteiger partial charge < -0.3 is 4.98 Å². The van der Waals surface area contributed by atoms with Crippen LogP contribution in [0.3, 0.4) is 0 Å². The van der Waals surface area contributed by atoms with E-state index in [1.807, 2.05) is 12.3 Å². The highest BCUT2D eigenvalue weighted by Crippen LogP contribution is 2.24. The third-order valence-corrected chi connectivity index (χ3v) is 4.69. The molecule has 118 valence electrons. The Balaban J connectivity index is 1.78. The highest BCUT2D eigenvalue weighted by Gasteiger charge is 2.07. The maximum Gasteiger partial charge on any atom is 0.248 e. The average Bonchev–Trinajstić information content (AvgIpc) is 3.01. The molecule has 0 atom stereocenters. The smallest absolute Gasteiger partial charge is 0.248 e. The predicted molar refractivity (Wildman–Crippen MR) is 94.3 cm³/mol. The molecule has 2 aromatic heterocycles. The quantitative estimate of drug-likeness (QED) is 0.722. The molecule has 5 heteroatoms. The van der Waals surface area contributed by atoms with Crippen molar-refractivity contribution in [1.82, 2.24) is 14.5 Å². The summed E-state index contributed by atoms with van der Waals surface area (Å²) in [4.78, 5) is 18.4. The van der Waals surface area contributed by atoms with Crippen LogP contribution in [-0.2, 0) is 5.75 Å². The molecule has 0 fully saturated rings. The molecular formula is C18H19N3OS. The summed E-state index contributed by atoms with van der Waals surface area (Å²) < 4.78 is 2.07. The molecular weight excluding hydrogens is 306 g/mol. The number of imidazole rings is 1. The summed E-state index contributed by atoms with van der Waals surface area (Å²) in [5.41, 5.74) is 3.34. The Bertz CT molecular complexity index is 834. The van der Waals surface area contributed by atoms with Crippen molar-refractivity contribution < 1.29 is 0 Å². The highest BCUT2D eigenvalue weighted by atomic mass is 32.2. The van der Waals surface area contributed by atoms with Crippen LogP contribution in [0, 0.1) is 0 Å². The fourth-order valence-corrected chi connectivity index (χ4v) is 3.26. The van der Waals surface area contributed by atoms with Gasteiger partial charge in [0.25, 0.3) is 0 Å². The van der Waals surface area contributed by atoms with Crippen molar-refractivity contribution in [1.29, 1.82) is 0 Å². The van der Waals surface area contributed by atoms with Crippen LogP contribution in [0.4, 0.5) is 0 Å². The third-order valence-electron chi connectivity index (χ3n) is 3.65. The fraction of sp³-hybridized carbons (Fsp3) is 0.222. The van der Waals surface area contributed by atoms with Gasteiger partial charge in [0.05, 0.1) is 0 Å². The minimum atomic E-state index is -0.0734. The third kappa shape index (κ3) is 3.74. The molecule has 2 heterocycles. The van der Waals surface area contributed by atoms with Crippen LogP contribution in [-0.4, -0.2) is 14.5 Å². The van der Waals surface area contributed by atoms with Crippen LogP contribution in [0.1, 0.15) is 30.9 Å². The predicted octanol–water partition coefficient (Wildman–Crippen LogP) is 3.98. The maximum absolute atomic E-state index is 11.3. The first-order valence-corrected chi connectivity index (χ1v) is 8.56. The summed E-state index contributed by atoms with van der Waals surface area (Å²) in [7, 11) is 0. The van der Waals surface area contributed by atoms with Gasteiger partial charge in [-0.15, -0.1) is 0 Å². The second kappa shape index (κ2) is 6.87. The lowest BCUT2D eigenvalue weighted by Gasteiger charge is -2.10. The summed E-state index contributed by atoms with van der Waals surface area (Å²) in [6.45, 7) is 4.38. The van der Waals surface area contributed by atoms with Gasteiger partial charge in [-0.1, -0.05) is 37.7 Å². The van der Waals surface area contributed by atoms with Crippen molar-refractivity contribution in [3.05, 3.63) is 76.5 Å². The number of rotatable bonds is 5. The Morgan fingerprint density at radius 1 is 1.22 bits per heavy atom. The molecule has 4 nitrogen and oxygen atoms in total. The van der Waals surface area contributed by atoms with Crippen LogP contribution >= 0.6 is 11.8 Å². The number of H-pyrrole nitrogens is 1. The average molecular weight is 325 g/mol. The molecule has 0 radical (unpaired) electrons. The number of nitrogens with one attached hydrogen (secondary N) is 1. The first kappa shape index (κ1) is 15.6. The van der Waals surface area contributed by atoms with Gasteiger partial charge >= 0.3 is 0 Å².